The number of hydrogen-bond donors (Lipinski definition) is 1. The van der Waals surface area contributed by atoms with E-state index in [4.69, 9.17) is 21.1 Å². The van der Waals surface area contributed by atoms with Crippen LogP contribution < -0.4 is 14.2 Å². The zero-order chi connectivity index (χ0) is 22.0. The number of benzene rings is 3. The zero-order valence-electron chi connectivity index (χ0n) is 17.1. The normalized spacial score (nSPS) is 13.2. The molecule has 1 aliphatic rings. The maximum Gasteiger partial charge on any atom is 0.265 e. The minimum Gasteiger partial charge on any atom is -0.497 e. The van der Waals surface area contributed by atoms with Gasteiger partial charge in [-0.3, -0.25) is 9.71 Å². The molecule has 1 heterocycles. The van der Waals surface area contributed by atoms with Crippen LogP contribution in [0.4, 0.5) is 5.69 Å². The first-order chi connectivity index (χ1) is 14.9. The minimum absolute atomic E-state index is 0.00486. The van der Waals surface area contributed by atoms with Crippen molar-refractivity contribution in [2.45, 2.75) is 11.3 Å². The van der Waals surface area contributed by atoms with Crippen molar-refractivity contribution in [1.29, 1.82) is 0 Å². The molecule has 6 nitrogen and oxygen atoms in total. The summed E-state index contributed by atoms with van der Waals surface area (Å²) < 4.78 is 39.2. The fourth-order valence-electron chi connectivity index (χ4n) is 3.55. The lowest BCUT2D eigenvalue weighted by Gasteiger charge is -2.18. The van der Waals surface area contributed by atoms with Crippen LogP contribution in [0.3, 0.4) is 0 Å². The summed E-state index contributed by atoms with van der Waals surface area (Å²) in [6, 6.07) is 17.5. The third-order valence-electron chi connectivity index (χ3n) is 5.02. The van der Waals surface area contributed by atoms with Crippen LogP contribution in [0.1, 0.15) is 16.7 Å². The van der Waals surface area contributed by atoms with Gasteiger partial charge in [-0.1, -0.05) is 29.8 Å². The summed E-state index contributed by atoms with van der Waals surface area (Å²) in [6.45, 7) is 0.652. The van der Waals surface area contributed by atoms with Gasteiger partial charge in [0.2, 0.25) is 0 Å². The van der Waals surface area contributed by atoms with Crippen LogP contribution >= 0.6 is 11.6 Å². The largest absolute Gasteiger partial charge is 0.497 e. The summed E-state index contributed by atoms with van der Waals surface area (Å²) in [5.74, 6) is 0.647. The SMILES string of the molecule is COc1ccc(OC)c(S(=O)(=O)Nc2cccc(C3=NCCc4cc(Cl)ccc43)c2)c1. The first-order valence-corrected chi connectivity index (χ1v) is 11.5. The molecule has 1 N–H and O–H groups in total. The monoisotopic (exact) mass is 456 g/mol. The van der Waals surface area contributed by atoms with E-state index < -0.39 is 10.0 Å². The fourth-order valence-corrected chi connectivity index (χ4v) is 4.98. The highest BCUT2D eigenvalue weighted by Gasteiger charge is 2.22. The van der Waals surface area contributed by atoms with E-state index >= 15 is 0 Å². The zero-order valence-corrected chi connectivity index (χ0v) is 18.6. The van der Waals surface area contributed by atoms with Crippen molar-refractivity contribution >= 4 is 33.0 Å². The number of nitrogens with one attached hydrogen (secondary N) is 1. The number of hydrogen-bond acceptors (Lipinski definition) is 5. The van der Waals surface area contributed by atoms with Crippen molar-refractivity contribution in [3.05, 3.63) is 82.4 Å². The van der Waals surface area contributed by atoms with E-state index in [1.54, 1.807) is 30.3 Å². The van der Waals surface area contributed by atoms with E-state index in [1.165, 1.54) is 20.3 Å². The Kier molecular flexibility index (Phi) is 5.89. The number of rotatable bonds is 6. The predicted octanol–water partition coefficient (Wildman–Crippen LogP) is 4.55. The molecule has 1 aliphatic heterocycles. The van der Waals surface area contributed by atoms with E-state index in [0.29, 0.717) is 23.0 Å². The average Bonchev–Trinajstić information content (AvgIpc) is 2.77. The Morgan fingerprint density at radius 2 is 1.84 bits per heavy atom. The number of fused-ring (bicyclic) bond motifs is 1. The van der Waals surface area contributed by atoms with Crippen molar-refractivity contribution in [1.82, 2.24) is 0 Å². The molecular formula is C23H21ClN2O4S. The smallest absolute Gasteiger partial charge is 0.265 e. The molecule has 8 heteroatoms. The number of halogens is 1. The van der Waals surface area contributed by atoms with E-state index in [1.807, 2.05) is 24.3 Å². The average molecular weight is 457 g/mol. The molecule has 0 spiro atoms. The Bertz CT molecular complexity index is 1270. The van der Waals surface area contributed by atoms with Crippen molar-refractivity contribution < 1.29 is 17.9 Å². The van der Waals surface area contributed by atoms with Crippen molar-refractivity contribution in [2.75, 3.05) is 25.5 Å². The number of ether oxygens (including phenoxy) is 2. The highest BCUT2D eigenvalue weighted by atomic mass is 35.5. The summed E-state index contributed by atoms with van der Waals surface area (Å²) in [7, 11) is -1.01. The van der Waals surface area contributed by atoms with Gasteiger partial charge >= 0.3 is 0 Å². The van der Waals surface area contributed by atoms with Crippen LogP contribution in [0.25, 0.3) is 0 Å². The highest BCUT2D eigenvalue weighted by molar-refractivity contribution is 7.92. The number of methoxy groups -OCH3 is 2. The van der Waals surface area contributed by atoms with Gasteiger partial charge in [0, 0.05) is 34.4 Å². The van der Waals surface area contributed by atoms with Crippen LogP contribution in [-0.4, -0.2) is 34.9 Å². The van der Waals surface area contributed by atoms with Gasteiger partial charge < -0.3 is 9.47 Å². The molecule has 0 saturated heterocycles. The molecule has 31 heavy (non-hydrogen) atoms. The van der Waals surface area contributed by atoms with E-state index in [9.17, 15) is 8.42 Å². The lowest BCUT2D eigenvalue weighted by atomic mass is 9.93. The molecule has 3 aromatic carbocycles. The molecule has 0 fully saturated rings. The highest BCUT2D eigenvalue weighted by Crippen LogP contribution is 2.30. The van der Waals surface area contributed by atoms with E-state index in [2.05, 4.69) is 9.71 Å². The van der Waals surface area contributed by atoms with Crippen molar-refractivity contribution in [2.24, 2.45) is 4.99 Å². The number of sulfonamides is 1. The molecule has 0 bridgehead atoms. The summed E-state index contributed by atoms with van der Waals surface area (Å²) in [5.41, 5.74) is 4.19. The third-order valence-corrected chi connectivity index (χ3v) is 6.66. The molecule has 0 amide bonds. The Hall–Kier alpha value is -3.03. The van der Waals surface area contributed by atoms with Gasteiger partial charge in [-0.2, -0.15) is 0 Å². The molecule has 4 rings (SSSR count). The van der Waals surface area contributed by atoms with Crippen LogP contribution in [0.2, 0.25) is 5.02 Å². The first kappa shape index (κ1) is 21.2. The standard InChI is InChI=1S/C23H21ClN2O4S/c1-29-19-7-9-21(30-2)22(14-19)31(27,28)26-18-5-3-4-16(13-18)23-20-8-6-17(24)12-15(20)10-11-25-23/h3-9,12-14,26H,10-11H2,1-2H3. The van der Waals surface area contributed by atoms with Gasteiger partial charge in [0.05, 0.1) is 19.9 Å². The van der Waals surface area contributed by atoms with Gasteiger partial charge in [-0.25, -0.2) is 8.42 Å². The number of aliphatic imine (C=N–C) groups is 1. The lowest BCUT2D eigenvalue weighted by molar-refractivity contribution is 0.392. The van der Waals surface area contributed by atoms with Gasteiger partial charge in [-0.15, -0.1) is 0 Å². The molecule has 0 radical (unpaired) electrons. The van der Waals surface area contributed by atoms with Crippen molar-refractivity contribution in [3.8, 4) is 11.5 Å². The lowest BCUT2D eigenvalue weighted by Crippen LogP contribution is -2.16. The van der Waals surface area contributed by atoms with E-state index in [0.717, 1.165) is 28.8 Å². The molecule has 0 aromatic heterocycles. The van der Waals surface area contributed by atoms with Gasteiger partial charge in [0.15, 0.2) is 0 Å². The molecule has 0 unspecified atom stereocenters. The van der Waals surface area contributed by atoms with Crippen LogP contribution in [0.15, 0.2) is 70.6 Å². The first-order valence-electron chi connectivity index (χ1n) is 9.60. The van der Waals surface area contributed by atoms with Crippen LogP contribution in [-0.2, 0) is 16.4 Å². The number of anilines is 1. The Morgan fingerprint density at radius 3 is 2.61 bits per heavy atom. The number of nitrogens with zero attached hydrogens (tertiary/aromatic N) is 1. The minimum atomic E-state index is -3.91. The topological polar surface area (TPSA) is 77.0 Å². The third kappa shape index (κ3) is 4.38. The molecule has 3 aromatic rings. The maximum atomic E-state index is 13.1. The molecule has 0 aliphatic carbocycles. The molecule has 160 valence electrons. The molecular weight excluding hydrogens is 436 g/mol. The maximum absolute atomic E-state index is 13.1. The summed E-state index contributed by atoms with van der Waals surface area (Å²) in [6.07, 6.45) is 0.821. The second-order valence-corrected chi connectivity index (χ2v) is 9.07. The fraction of sp³-hybridized carbons (Fsp3) is 0.174. The summed E-state index contributed by atoms with van der Waals surface area (Å²) in [5, 5.41) is 0.689. The Labute approximate surface area is 186 Å². The quantitative estimate of drug-likeness (QED) is 0.590. The summed E-state index contributed by atoms with van der Waals surface area (Å²) >= 11 is 6.14. The Balaban J connectivity index is 1.68. The van der Waals surface area contributed by atoms with Gasteiger partial charge in [0.25, 0.3) is 10.0 Å². The molecule has 0 saturated carbocycles. The Morgan fingerprint density at radius 1 is 1.00 bits per heavy atom. The van der Waals surface area contributed by atoms with Gasteiger partial charge in [0.1, 0.15) is 16.4 Å². The second kappa shape index (κ2) is 8.61. The predicted molar refractivity (Wildman–Crippen MR) is 122 cm³/mol. The molecule has 0 atom stereocenters. The second-order valence-electron chi connectivity index (χ2n) is 6.98. The summed E-state index contributed by atoms with van der Waals surface area (Å²) in [4.78, 5) is 4.67. The van der Waals surface area contributed by atoms with Crippen LogP contribution in [0.5, 0.6) is 11.5 Å². The van der Waals surface area contributed by atoms with E-state index in [-0.39, 0.29) is 10.6 Å². The van der Waals surface area contributed by atoms with Gasteiger partial charge in [-0.05, 0) is 48.4 Å². The van der Waals surface area contributed by atoms with Crippen molar-refractivity contribution in [3.63, 3.8) is 0 Å². The van der Waals surface area contributed by atoms with Crippen LogP contribution in [0, 0.1) is 0 Å².